The maximum absolute atomic E-state index is 14.5. The van der Waals surface area contributed by atoms with Crippen molar-refractivity contribution in [2.24, 2.45) is 16.4 Å². The summed E-state index contributed by atoms with van der Waals surface area (Å²) < 4.78 is 35.3. The van der Waals surface area contributed by atoms with Gasteiger partial charge in [-0.2, -0.15) is 5.11 Å². The highest BCUT2D eigenvalue weighted by Gasteiger charge is 2.58. The van der Waals surface area contributed by atoms with E-state index in [1.807, 2.05) is 75.5 Å². The number of methoxy groups -OCH3 is 3. The van der Waals surface area contributed by atoms with E-state index in [0.29, 0.717) is 89.0 Å². The fraction of sp³-hybridized carbons (Fsp3) is 0.395. The minimum atomic E-state index is -1.51. The zero-order valence-corrected chi connectivity index (χ0v) is 63.0. The molecular weight excluding hydrogens is 1410 g/mol. The van der Waals surface area contributed by atoms with Crippen LogP contribution in [-0.4, -0.2) is 165 Å². The van der Waals surface area contributed by atoms with Gasteiger partial charge in [-0.3, -0.25) is 38.4 Å². The summed E-state index contributed by atoms with van der Waals surface area (Å²) in [6, 6.07) is 32.3. The van der Waals surface area contributed by atoms with Crippen LogP contribution in [0.15, 0.2) is 133 Å². The zero-order valence-electron chi connectivity index (χ0n) is 63.0. The summed E-state index contributed by atoms with van der Waals surface area (Å²) in [5, 5.41) is 36.0. The van der Waals surface area contributed by atoms with Crippen LogP contribution in [0.5, 0.6) is 28.7 Å². The number of nitrogens with zero attached hydrogens (tertiary/aromatic N) is 5. The first-order valence-electron chi connectivity index (χ1n) is 36.8. The summed E-state index contributed by atoms with van der Waals surface area (Å²) in [7, 11) is 4.56. The topological polar surface area (TPSA) is 363 Å². The third-order valence-electron chi connectivity index (χ3n) is 20.7. The van der Waals surface area contributed by atoms with Gasteiger partial charge in [0, 0.05) is 73.5 Å². The molecule has 5 aliphatic heterocycles. The molecule has 0 radical (unpaired) electrons. The monoisotopic (exact) mass is 1500 g/mol. The Hall–Kier alpha value is -12.0. The van der Waals surface area contributed by atoms with Crippen molar-refractivity contribution in [2.75, 3.05) is 81.2 Å². The van der Waals surface area contributed by atoms with Crippen LogP contribution in [-0.2, 0) is 46.7 Å². The molecule has 1 aliphatic carbocycles. The van der Waals surface area contributed by atoms with Crippen LogP contribution in [0.4, 0.5) is 27.5 Å². The van der Waals surface area contributed by atoms with Crippen LogP contribution < -0.4 is 70.7 Å². The number of aliphatic hydroxyl groups is 1. The highest BCUT2D eigenvalue weighted by Crippen LogP contribution is 2.57. The maximum atomic E-state index is 14.5. The summed E-state index contributed by atoms with van der Waals surface area (Å²) >= 11 is 0. The Morgan fingerprint density at radius 3 is 2.04 bits per heavy atom. The van der Waals surface area contributed by atoms with Gasteiger partial charge in [0.25, 0.3) is 11.8 Å². The van der Waals surface area contributed by atoms with Crippen LogP contribution in [0.2, 0.25) is 0 Å². The van der Waals surface area contributed by atoms with E-state index >= 15 is 0 Å². The number of ether oxygens (including phenoxy) is 6. The van der Waals surface area contributed by atoms with Gasteiger partial charge in [-0.1, -0.05) is 80.6 Å². The first kappa shape index (κ1) is 77.6. The quantitative estimate of drug-likeness (QED) is 0.0163. The average molecular weight is 1500 g/mol. The second kappa shape index (κ2) is 33.2. The molecule has 0 aromatic heterocycles. The van der Waals surface area contributed by atoms with Crippen LogP contribution in [0, 0.1) is 16.9 Å². The number of benzene rings is 6. The lowest BCUT2D eigenvalue weighted by Gasteiger charge is -2.32. The van der Waals surface area contributed by atoms with Gasteiger partial charge in [0.15, 0.2) is 29.2 Å². The number of hydrogen-bond acceptors (Lipinski definition) is 20. The molecule has 5 heterocycles. The smallest absolute Gasteiger partial charge is 0.416 e. The lowest BCUT2D eigenvalue weighted by atomic mass is 9.92. The van der Waals surface area contributed by atoms with E-state index < -0.39 is 84.5 Å². The van der Waals surface area contributed by atoms with Crippen LogP contribution >= 0.6 is 0 Å². The van der Waals surface area contributed by atoms with Crippen molar-refractivity contribution in [3.63, 3.8) is 0 Å². The normalized spacial score (nSPS) is 19.0. The lowest BCUT2D eigenvalue weighted by molar-refractivity contribution is -0.132. The highest BCUT2D eigenvalue weighted by atomic mass is 16.6. The largest absolute Gasteiger partial charge is 0.497 e. The number of carbonyl (C=O) groups is 9. The molecule has 1 spiro atoms. The van der Waals surface area contributed by atoms with E-state index in [1.165, 1.54) is 33.3 Å². The van der Waals surface area contributed by atoms with Crippen molar-refractivity contribution in [3.05, 3.63) is 166 Å². The Morgan fingerprint density at radius 1 is 0.700 bits per heavy atom. The van der Waals surface area contributed by atoms with Crippen molar-refractivity contribution >= 4 is 93.1 Å². The number of fused-ring (bicyclic) bond motifs is 6. The highest BCUT2D eigenvalue weighted by molar-refractivity contribution is 6.07. The fourth-order valence-corrected chi connectivity index (χ4v) is 14.5. The van der Waals surface area contributed by atoms with E-state index in [4.69, 9.17) is 34.0 Å². The van der Waals surface area contributed by atoms with Crippen molar-refractivity contribution in [2.45, 2.75) is 136 Å². The number of hydrogen-bond donors (Lipinski definition) is 9. The Balaban J connectivity index is 0.606. The molecule has 9 N–H and O–H groups in total. The van der Waals surface area contributed by atoms with Crippen molar-refractivity contribution < 1.29 is 76.7 Å². The van der Waals surface area contributed by atoms with Gasteiger partial charge in [0.05, 0.1) is 99.6 Å². The Kier molecular flexibility index (Phi) is 23.4. The molecule has 9 amide bonds. The number of amides is 9. The van der Waals surface area contributed by atoms with Crippen molar-refractivity contribution in [1.82, 2.24) is 36.4 Å². The third kappa shape index (κ3) is 17.0. The van der Waals surface area contributed by atoms with Gasteiger partial charge >= 0.3 is 6.09 Å². The summed E-state index contributed by atoms with van der Waals surface area (Å²) in [4.78, 5) is 130. The van der Waals surface area contributed by atoms with Gasteiger partial charge in [-0.15, -0.1) is 0 Å². The molecule has 5 atom stereocenters. The molecule has 2 fully saturated rings. The Bertz CT molecular complexity index is 4640. The Morgan fingerprint density at radius 2 is 1.36 bits per heavy atom. The second-order valence-electron chi connectivity index (χ2n) is 29.3. The fourth-order valence-electron chi connectivity index (χ4n) is 14.5. The molecule has 6 aromatic rings. The zero-order chi connectivity index (χ0) is 78.3. The lowest BCUT2D eigenvalue weighted by Crippen LogP contribution is -2.55. The summed E-state index contributed by atoms with van der Waals surface area (Å²) in [5.74, 6) is -2.77. The average Bonchev–Trinajstić information content (AvgIpc) is 1.56. The molecule has 29 nitrogen and oxygen atoms in total. The van der Waals surface area contributed by atoms with E-state index in [0.717, 1.165) is 45.8 Å². The molecule has 110 heavy (non-hydrogen) atoms. The first-order chi connectivity index (χ1) is 52.8. The number of para-hydroxylation sites is 1. The molecular formula is C81H93N13O16. The molecule has 29 heteroatoms. The number of rotatable bonds is 28. The molecule has 12 rings (SSSR count). The molecule has 6 aromatic carbocycles. The number of nitrogens with one attached hydrogen (secondary N) is 8. The van der Waals surface area contributed by atoms with E-state index in [2.05, 4.69) is 42.3 Å². The molecule has 1 saturated heterocycles. The molecule has 0 bridgehead atoms. The summed E-state index contributed by atoms with van der Waals surface area (Å²) in [6.45, 7) is 10.8. The number of anilines is 4. The summed E-state index contributed by atoms with van der Waals surface area (Å²) in [6.07, 6.45) is 2.21. The predicted octanol–water partition coefficient (Wildman–Crippen LogP) is 9.10. The Labute approximate surface area is 637 Å². The van der Waals surface area contributed by atoms with Gasteiger partial charge < -0.3 is 85.4 Å². The maximum Gasteiger partial charge on any atom is 0.416 e. The van der Waals surface area contributed by atoms with E-state index in [9.17, 15) is 48.3 Å². The molecule has 1 saturated carbocycles. The van der Waals surface area contributed by atoms with Gasteiger partial charge in [-0.05, 0) is 129 Å². The minimum Gasteiger partial charge on any atom is -0.497 e. The number of carbonyl (C=O) groups excluding carboxylic acids is 9. The third-order valence-corrected chi connectivity index (χ3v) is 20.7. The SMILES string of the molecule is COc1ccc(C2=CN3C(=O)c4cc(OC)c(OCCCOc5cc6c(cc5OC)C(=O)N5CC7(CC7)C[C@H]5[C@H](O)N6C(=O)OCc5ccc(NC(=O)[C@H](C)NC(=O)[C@@H](NC(=O)CNC(=O)CNC(=O)CCC(=O)N6Cc7ccccc7/C(NC(C)C)=C(/N=N)c7ccccc76)C(C)C)cc5)cc4NCC3(C)C2)cc1. The van der Waals surface area contributed by atoms with E-state index in [1.54, 1.807) is 96.3 Å². The standard InChI is InChI=1S/C81H93N13O16/c1-46(2)71(89-69(97)40-84-68(96)39-83-67(95)27-28-70(98)91-41-51-15-10-11-16-55(51)72(86-47(3)4)73(90-82)56-17-12-13-18-60(56)91)75(100)87-48(5)74(99)88-53-23-19-49(20-24-53)43-110-79(104)94-61-36-66(64(107-9)34-58(61)76(101)92-45-81(29-30-81)38-62(92)78(94)103)109-32-14-31-108-65-35-59-57(33-63(65)106-8)77(102)93-42-52(37-80(93,6)44-85-59)50-21-25-54(105-7)26-22-50/h10-13,15-26,33-36,42,46-48,62,71,78,82,85-86,103H,14,27-32,37-41,43-45H2,1-9H3,(H,83,95)(H,84,96)(H,87,100)(H,88,99)(H,89,97)/b73-72-,90-82?/t48-,62-,71-,78-,80?/m0/s1. The molecule has 578 valence electrons. The van der Waals surface area contributed by atoms with Crippen LogP contribution in [0.25, 0.3) is 17.0 Å². The van der Waals surface area contributed by atoms with Crippen molar-refractivity contribution in [1.29, 1.82) is 5.53 Å². The van der Waals surface area contributed by atoms with Gasteiger partial charge in [0.2, 0.25) is 35.4 Å². The van der Waals surface area contributed by atoms with Crippen LogP contribution in [0.1, 0.15) is 135 Å². The number of aliphatic hydroxyl groups excluding tert-OH is 1. The van der Waals surface area contributed by atoms with Gasteiger partial charge in [0.1, 0.15) is 30.1 Å². The van der Waals surface area contributed by atoms with Crippen molar-refractivity contribution in [3.8, 4) is 28.7 Å². The minimum absolute atomic E-state index is 0.0142. The van der Waals surface area contributed by atoms with E-state index in [-0.39, 0.29) is 91.1 Å². The summed E-state index contributed by atoms with van der Waals surface area (Å²) in [5.41, 5.74) is 15.2. The van der Waals surface area contributed by atoms with Gasteiger partial charge in [-0.25, -0.2) is 15.2 Å². The first-order valence-corrected chi connectivity index (χ1v) is 36.8. The molecule has 1 unspecified atom stereocenters. The molecule has 6 aliphatic rings. The predicted molar refractivity (Wildman–Crippen MR) is 409 cm³/mol. The second-order valence-corrected chi connectivity index (χ2v) is 29.3. The van der Waals surface area contributed by atoms with Crippen LogP contribution in [0.3, 0.4) is 0 Å².